The molecule has 0 fully saturated rings. The Labute approximate surface area is 180 Å². The predicted molar refractivity (Wildman–Crippen MR) is 122 cm³/mol. The minimum absolute atomic E-state index is 0.279. The Hall–Kier alpha value is -4.19. The van der Waals surface area contributed by atoms with Crippen molar-refractivity contribution in [3.05, 3.63) is 102 Å². The highest BCUT2D eigenvalue weighted by atomic mass is 16.5. The molecule has 31 heavy (non-hydrogen) atoms. The molecule has 1 heterocycles. The number of amides is 1. The summed E-state index contributed by atoms with van der Waals surface area (Å²) in [4.78, 5) is 12.7. The van der Waals surface area contributed by atoms with Crippen LogP contribution in [0.3, 0.4) is 0 Å². The maximum atomic E-state index is 12.7. The standard InChI is InChI=1S/C25H22N4O2/c1-18-13-14-19(15-24(18)31-2)17-26-27-25(30)22-16-23(20-9-5-3-6-10-20)29(28-22)21-11-7-4-8-12-21/h3-17H,1-2H3,(H,27,30)/b26-17-. The van der Waals surface area contributed by atoms with Crippen molar-refractivity contribution in [2.45, 2.75) is 6.92 Å². The van der Waals surface area contributed by atoms with Crippen molar-refractivity contribution < 1.29 is 9.53 Å². The summed E-state index contributed by atoms with van der Waals surface area (Å²) in [6.07, 6.45) is 1.58. The zero-order valence-corrected chi connectivity index (χ0v) is 17.3. The van der Waals surface area contributed by atoms with Gasteiger partial charge in [-0.2, -0.15) is 10.2 Å². The number of nitrogens with one attached hydrogen (secondary N) is 1. The molecule has 6 heteroatoms. The molecule has 3 aromatic carbocycles. The molecular formula is C25H22N4O2. The molecule has 0 aliphatic carbocycles. The highest BCUT2D eigenvalue weighted by Crippen LogP contribution is 2.24. The van der Waals surface area contributed by atoms with Crippen LogP contribution in [0.25, 0.3) is 16.9 Å². The Balaban J connectivity index is 1.59. The van der Waals surface area contributed by atoms with Crippen LogP contribution in [-0.2, 0) is 0 Å². The largest absolute Gasteiger partial charge is 0.496 e. The van der Waals surface area contributed by atoms with Crippen molar-refractivity contribution in [2.75, 3.05) is 7.11 Å². The molecule has 0 unspecified atom stereocenters. The first-order chi connectivity index (χ1) is 15.2. The number of hydrogen-bond acceptors (Lipinski definition) is 4. The lowest BCUT2D eigenvalue weighted by molar-refractivity contribution is 0.0949. The molecule has 0 radical (unpaired) electrons. The van der Waals surface area contributed by atoms with Crippen molar-refractivity contribution in [2.24, 2.45) is 5.10 Å². The van der Waals surface area contributed by atoms with Gasteiger partial charge in [-0.05, 0) is 42.3 Å². The summed E-state index contributed by atoms with van der Waals surface area (Å²) < 4.78 is 7.08. The van der Waals surface area contributed by atoms with Gasteiger partial charge in [0.25, 0.3) is 5.91 Å². The Kier molecular flexibility index (Phi) is 5.89. The van der Waals surface area contributed by atoms with E-state index >= 15 is 0 Å². The fourth-order valence-electron chi connectivity index (χ4n) is 3.21. The van der Waals surface area contributed by atoms with Crippen LogP contribution in [0.2, 0.25) is 0 Å². The fourth-order valence-corrected chi connectivity index (χ4v) is 3.21. The van der Waals surface area contributed by atoms with Crippen LogP contribution in [0.15, 0.2) is 90.0 Å². The number of para-hydroxylation sites is 1. The number of benzene rings is 3. The molecule has 4 aromatic rings. The predicted octanol–water partition coefficient (Wildman–Crippen LogP) is 4.62. The van der Waals surface area contributed by atoms with E-state index < -0.39 is 0 Å². The van der Waals surface area contributed by atoms with E-state index in [1.165, 1.54) is 0 Å². The fraction of sp³-hybridized carbons (Fsp3) is 0.0800. The van der Waals surface area contributed by atoms with Gasteiger partial charge in [0.15, 0.2) is 5.69 Å². The lowest BCUT2D eigenvalue weighted by atomic mass is 10.1. The number of rotatable bonds is 6. The van der Waals surface area contributed by atoms with E-state index in [9.17, 15) is 4.79 Å². The molecule has 154 valence electrons. The van der Waals surface area contributed by atoms with E-state index in [4.69, 9.17) is 4.74 Å². The first kappa shape index (κ1) is 20.1. The molecule has 0 bridgehead atoms. The molecule has 0 atom stereocenters. The van der Waals surface area contributed by atoms with Crippen LogP contribution in [0.4, 0.5) is 0 Å². The quantitative estimate of drug-likeness (QED) is 0.372. The van der Waals surface area contributed by atoms with Crippen molar-refractivity contribution in [3.8, 4) is 22.7 Å². The summed E-state index contributed by atoms with van der Waals surface area (Å²) in [6.45, 7) is 1.97. The maximum Gasteiger partial charge on any atom is 0.291 e. The van der Waals surface area contributed by atoms with Gasteiger partial charge in [-0.25, -0.2) is 10.1 Å². The Morgan fingerprint density at radius 3 is 2.42 bits per heavy atom. The number of nitrogens with zero attached hydrogens (tertiary/aromatic N) is 3. The Morgan fingerprint density at radius 1 is 1.00 bits per heavy atom. The van der Waals surface area contributed by atoms with Crippen LogP contribution in [-0.4, -0.2) is 29.0 Å². The third kappa shape index (κ3) is 4.53. The van der Waals surface area contributed by atoms with Gasteiger partial charge >= 0.3 is 0 Å². The van der Waals surface area contributed by atoms with Crippen molar-refractivity contribution in [1.29, 1.82) is 0 Å². The molecule has 0 saturated carbocycles. The molecule has 6 nitrogen and oxygen atoms in total. The summed E-state index contributed by atoms with van der Waals surface area (Å²) in [6, 6.07) is 27.0. The van der Waals surface area contributed by atoms with Gasteiger partial charge in [0, 0.05) is 5.56 Å². The summed E-state index contributed by atoms with van der Waals surface area (Å²) in [5.41, 5.74) is 7.35. The van der Waals surface area contributed by atoms with Crippen molar-refractivity contribution in [1.82, 2.24) is 15.2 Å². The first-order valence-corrected chi connectivity index (χ1v) is 9.84. The number of hydrazone groups is 1. The van der Waals surface area contributed by atoms with Gasteiger partial charge in [0.2, 0.25) is 0 Å². The molecule has 1 N–H and O–H groups in total. The average Bonchev–Trinajstić information content (AvgIpc) is 3.27. The number of ether oxygens (including phenoxy) is 1. The summed E-state index contributed by atoms with van der Waals surface area (Å²) in [5.74, 6) is 0.381. The normalized spacial score (nSPS) is 10.9. The summed E-state index contributed by atoms with van der Waals surface area (Å²) in [7, 11) is 1.62. The van der Waals surface area contributed by atoms with Crippen molar-refractivity contribution in [3.63, 3.8) is 0 Å². The highest BCUT2D eigenvalue weighted by molar-refractivity contribution is 5.94. The number of hydrogen-bond donors (Lipinski definition) is 1. The lowest BCUT2D eigenvalue weighted by Crippen LogP contribution is -2.18. The second-order valence-corrected chi connectivity index (χ2v) is 6.96. The van der Waals surface area contributed by atoms with Gasteiger partial charge in [-0.15, -0.1) is 0 Å². The van der Waals surface area contributed by atoms with Crippen LogP contribution < -0.4 is 10.2 Å². The average molecular weight is 410 g/mol. The zero-order valence-electron chi connectivity index (χ0n) is 17.3. The van der Waals surface area contributed by atoms with E-state index in [-0.39, 0.29) is 11.6 Å². The van der Waals surface area contributed by atoms with E-state index in [0.717, 1.165) is 33.8 Å². The molecule has 1 amide bonds. The van der Waals surface area contributed by atoms with E-state index in [2.05, 4.69) is 15.6 Å². The summed E-state index contributed by atoms with van der Waals surface area (Å²) in [5, 5.41) is 8.61. The smallest absolute Gasteiger partial charge is 0.291 e. The number of aryl methyl sites for hydroxylation is 1. The maximum absolute atomic E-state index is 12.7. The van der Waals surface area contributed by atoms with Crippen LogP contribution in [0.1, 0.15) is 21.6 Å². The number of aromatic nitrogens is 2. The molecule has 4 rings (SSSR count). The third-order valence-electron chi connectivity index (χ3n) is 4.82. The summed E-state index contributed by atoms with van der Waals surface area (Å²) >= 11 is 0. The Bertz CT molecular complexity index is 1160. The first-order valence-electron chi connectivity index (χ1n) is 9.84. The minimum Gasteiger partial charge on any atom is -0.496 e. The zero-order chi connectivity index (χ0) is 21.6. The third-order valence-corrected chi connectivity index (χ3v) is 4.82. The molecule has 0 aliphatic heterocycles. The van der Waals surface area contributed by atoms with Gasteiger partial charge < -0.3 is 4.74 Å². The highest BCUT2D eigenvalue weighted by Gasteiger charge is 2.16. The number of carbonyl (C=O) groups is 1. The molecule has 0 aliphatic rings. The second kappa shape index (κ2) is 9.09. The SMILES string of the molecule is COc1cc(/C=N\NC(=O)c2cc(-c3ccccc3)n(-c3ccccc3)n2)ccc1C. The van der Waals surface area contributed by atoms with E-state index in [0.29, 0.717) is 0 Å². The lowest BCUT2D eigenvalue weighted by Gasteiger charge is -2.07. The molecular weight excluding hydrogens is 388 g/mol. The van der Waals surface area contributed by atoms with Crippen LogP contribution in [0.5, 0.6) is 5.75 Å². The molecule has 0 spiro atoms. The van der Waals surface area contributed by atoms with Crippen LogP contribution in [0, 0.1) is 6.92 Å². The van der Waals surface area contributed by atoms with Crippen LogP contribution >= 0.6 is 0 Å². The molecule has 1 aromatic heterocycles. The monoisotopic (exact) mass is 410 g/mol. The van der Waals surface area contributed by atoms with Gasteiger partial charge in [0.1, 0.15) is 5.75 Å². The second-order valence-electron chi connectivity index (χ2n) is 6.96. The van der Waals surface area contributed by atoms with E-state index in [1.807, 2.05) is 85.8 Å². The molecule has 0 saturated heterocycles. The topological polar surface area (TPSA) is 68.5 Å². The van der Waals surface area contributed by atoms with E-state index in [1.54, 1.807) is 24.1 Å². The number of carbonyl (C=O) groups excluding carboxylic acids is 1. The van der Waals surface area contributed by atoms with Gasteiger partial charge in [0.05, 0.1) is 24.7 Å². The van der Waals surface area contributed by atoms with Gasteiger partial charge in [-0.1, -0.05) is 60.7 Å². The van der Waals surface area contributed by atoms with Gasteiger partial charge in [-0.3, -0.25) is 4.79 Å². The minimum atomic E-state index is -0.387. The number of methoxy groups -OCH3 is 1. The Morgan fingerprint density at radius 2 is 1.71 bits per heavy atom. The van der Waals surface area contributed by atoms with Crippen molar-refractivity contribution >= 4 is 12.1 Å².